The van der Waals surface area contributed by atoms with E-state index in [1.54, 1.807) is 4.31 Å². The summed E-state index contributed by atoms with van der Waals surface area (Å²) in [6.07, 6.45) is 8.52. The average Bonchev–Trinajstić information content (AvgIpc) is 3.03. The lowest BCUT2D eigenvalue weighted by atomic mass is 10.1. The topological polar surface area (TPSA) is 49.9 Å². The Hall–Kier alpha value is -0.130. The average molecular weight is 263 g/mol. The van der Waals surface area contributed by atoms with Crippen LogP contribution in [0, 0.1) is 0 Å². The summed E-state index contributed by atoms with van der Waals surface area (Å²) in [4.78, 5) is 0. The third kappa shape index (κ3) is 7.01. The highest BCUT2D eigenvalue weighted by Crippen LogP contribution is 2.14. The Morgan fingerprint density at radius 2 is 1.76 bits per heavy atom. The second kappa shape index (κ2) is 7.34. The maximum Gasteiger partial charge on any atom is 0.211 e. The summed E-state index contributed by atoms with van der Waals surface area (Å²) in [5, 5.41) is 0. The van der Waals surface area contributed by atoms with Gasteiger partial charge in [0.05, 0.1) is 19.0 Å². The van der Waals surface area contributed by atoms with Gasteiger partial charge in [-0.2, -0.15) is 4.31 Å². The molecule has 0 radical (unpaired) electrons. The van der Waals surface area contributed by atoms with E-state index in [0.29, 0.717) is 19.7 Å². The first-order chi connectivity index (χ1) is 8.04. The third-order valence-electron chi connectivity index (χ3n) is 3.04. The molecule has 0 bridgehead atoms. The fourth-order valence-corrected chi connectivity index (χ4v) is 2.76. The van der Waals surface area contributed by atoms with Crippen molar-refractivity contribution in [2.75, 3.05) is 26.0 Å². The van der Waals surface area contributed by atoms with Crippen molar-refractivity contribution < 1.29 is 13.2 Å². The molecule has 0 spiro atoms. The number of nitrogens with zero attached hydrogens (tertiary/aromatic N) is 1. The minimum absolute atomic E-state index is 0.143. The van der Waals surface area contributed by atoms with Crippen LogP contribution in [0.4, 0.5) is 0 Å². The molecule has 0 aliphatic carbocycles. The smallest absolute Gasteiger partial charge is 0.211 e. The minimum Gasteiger partial charge on any atom is -0.372 e. The van der Waals surface area contributed by atoms with Crippen LogP contribution in [0.2, 0.25) is 0 Å². The summed E-state index contributed by atoms with van der Waals surface area (Å²) in [6, 6.07) is 0. The number of sulfonamides is 1. The van der Waals surface area contributed by atoms with Crippen LogP contribution in [-0.4, -0.2) is 44.8 Å². The molecule has 1 aliphatic heterocycles. The molecule has 1 saturated heterocycles. The lowest BCUT2D eigenvalue weighted by molar-refractivity contribution is 0.331. The summed E-state index contributed by atoms with van der Waals surface area (Å²) < 4.78 is 29.7. The van der Waals surface area contributed by atoms with Crippen molar-refractivity contribution in [2.45, 2.75) is 51.6 Å². The second-order valence-electron chi connectivity index (χ2n) is 4.84. The molecule has 5 heteroatoms. The normalized spacial score (nSPS) is 19.8. The lowest BCUT2D eigenvalue weighted by Gasteiger charge is -2.18. The summed E-state index contributed by atoms with van der Waals surface area (Å²) >= 11 is 0. The van der Waals surface area contributed by atoms with Gasteiger partial charge in [0.15, 0.2) is 0 Å². The van der Waals surface area contributed by atoms with Crippen LogP contribution in [0.5, 0.6) is 0 Å². The van der Waals surface area contributed by atoms with Crippen molar-refractivity contribution in [2.24, 2.45) is 0 Å². The van der Waals surface area contributed by atoms with Crippen LogP contribution in [-0.2, 0) is 14.8 Å². The van der Waals surface area contributed by atoms with E-state index in [2.05, 4.69) is 6.92 Å². The predicted octanol–water partition coefficient (Wildman–Crippen LogP) is 2.01. The maximum atomic E-state index is 11.5. The zero-order chi connectivity index (χ0) is 12.7. The fourth-order valence-electron chi connectivity index (χ4n) is 1.86. The molecule has 0 aromatic carbocycles. The largest absolute Gasteiger partial charge is 0.372 e. The highest BCUT2D eigenvalue weighted by Gasteiger charge is 2.29. The van der Waals surface area contributed by atoms with Gasteiger partial charge in [-0.15, -0.1) is 0 Å². The van der Waals surface area contributed by atoms with Crippen LogP contribution in [0.25, 0.3) is 0 Å². The predicted molar refractivity (Wildman–Crippen MR) is 69.5 cm³/mol. The summed E-state index contributed by atoms with van der Waals surface area (Å²) in [6.45, 7) is 4.09. The SMILES string of the molecule is CCCCCCCCN(CC1CO1)S(C)(=O)=O. The summed E-state index contributed by atoms with van der Waals surface area (Å²) in [7, 11) is -3.06. The molecular weight excluding hydrogens is 238 g/mol. The van der Waals surface area contributed by atoms with Crippen molar-refractivity contribution in [3.8, 4) is 0 Å². The van der Waals surface area contributed by atoms with Gasteiger partial charge in [0, 0.05) is 13.1 Å². The minimum atomic E-state index is -3.06. The van der Waals surface area contributed by atoms with E-state index in [0.717, 1.165) is 12.8 Å². The van der Waals surface area contributed by atoms with Crippen molar-refractivity contribution in [1.29, 1.82) is 0 Å². The number of hydrogen-bond acceptors (Lipinski definition) is 3. The highest BCUT2D eigenvalue weighted by molar-refractivity contribution is 7.88. The van der Waals surface area contributed by atoms with Gasteiger partial charge in [-0.3, -0.25) is 0 Å². The zero-order valence-electron chi connectivity index (χ0n) is 11.0. The molecular formula is C12H25NO3S. The molecule has 1 aliphatic rings. The first-order valence-corrected chi connectivity index (χ1v) is 8.45. The van der Waals surface area contributed by atoms with Crippen LogP contribution in [0.15, 0.2) is 0 Å². The van der Waals surface area contributed by atoms with Gasteiger partial charge in [-0.25, -0.2) is 8.42 Å². The van der Waals surface area contributed by atoms with E-state index >= 15 is 0 Å². The lowest BCUT2D eigenvalue weighted by Crippen LogP contribution is -2.34. The van der Waals surface area contributed by atoms with Gasteiger partial charge in [0.1, 0.15) is 0 Å². The Morgan fingerprint density at radius 1 is 1.18 bits per heavy atom. The van der Waals surface area contributed by atoms with E-state index in [-0.39, 0.29) is 6.10 Å². The molecule has 1 rings (SSSR count). The Morgan fingerprint density at radius 3 is 2.29 bits per heavy atom. The summed E-state index contributed by atoms with van der Waals surface area (Å²) in [5.41, 5.74) is 0. The number of rotatable bonds is 10. The quantitative estimate of drug-likeness (QED) is 0.447. The van der Waals surface area contributed by atoms with Gasteiger partial charge < -0.3 is 4.74 Å². The Labute approximate surface area is 105 Å². The maximum absolute atomic E-state index is 11.5. The van der Waals surface area contributed by atoms with Gasteiger partial charge in [0.25, 0.3) is 0 Å². The van der Waals surface area contributed by atoms with Crippen LogP contribution >= 0.6 is 0 Å². The van der Waals surface area contributed by atoms with E-state index in [1.165, 1.54) is 31.9 Å². The molecule has 4 nitrogen and oxygen atoms in total. The van der Waals surface area contributed by atoms with E-state index in [4.69, 9.17) is 4.74 Å². The molecule has 0 aromatic heterocycles. The van der Waals surface area contributed by atoms with Crippen LogP contribution < -0.4 is 0 Å². The number of epoxide rings is 1. The first-order valence-electron chi connectivity index (χ1n) is 6.60. The van der Waals surface area contributed by atoms with Crippen LogP contribution in [0.1, 0.15) is 45.4 Å². The Kier molecular flexibility index (Phi) is 6.44. The molecule has 0 aromatic rings. The molecule has 1 atom stereocenters. The van der Waals surface area contributed by atoms with Gasteiger partial charge in [0.2, 0.25) is 10.0 Å². The van der Waals surface area contributed by atoms with Gasteiger partial charge in [-0.1, -0.05) is 39.0 Å². The van der Waals surface area contributed by atoms with Crippen LogP contribution in [0.3, 0.4) is 0 Å². The molecule has 0 saturated carbocycles. The molecule has 1 heterocycles. The van der Waals surface area contributed by atoms with Crippen molar-refractivity contribution >= 4 is 10.0 Å². The van der Waals surface area contributed by atoms with Gasteiger partial charge >= 0.3 is 0 Å². The molecule has 0 N–H and O–H groups in total. The summed E-state index contributed by atoms with van der Waals surface area (Å²) in [5.74, 6) is 0. The van der Waals surface area contributed by atoms with Crippen molar-refractivity contribution in [1.82, 2.24) is 4.31 Å². The fraction of sp³-hybridized carbons (Fsp3) is 1.00. The molecule has 0 amide bonds. The number of ether oxygens (including phenoxy) is 1. The number of unbranched alkanes of at least 4 members (excludes halogenated alkanes) is 5. The molecule has 17 heavy (non-hydrogen) atoms. The van der Waals surface area contributed by atoms with E-state index in [1.807, 2.05) is 0 Å². The monoisotopic (exact) mass is 263 g/mol. The first kappa shape index (κ1) is 14.9. The molecule has 1 fully saturated rings. The third-order valence-corrected chi connectivity index (χ3v) is 4.31. The standard InChI is InChI=1S/C12H25NO3S/c1-3-4-5-6-7-8-9-13(17(2,14)15)10-12-11-16-12/h12H,3-11H2,1-2H3. The Balaban J connectivity index is 2.15. The van der Waals surface area contributed by atoms with E-state index in [9.17, 15) is 8.42 Å². The highest BCUT2D eigenvalue weighted by atomic mass is 32.2. The van der Waals surface area contributed by atoms with Gasteiger partial charge in [-0.05, 0) is 6.42 Å². The Bertz CT molecular complexity index is 299. The zero-order valence-corrected chi connectivity index (χ0v) is 11.8. The number of hydrogen-bond donors (Lipinski definition) is 0. The van der Waals surface area contributed by atoms with E-state index < -0.39 is 10.0 Å². The second-order valence-corrected chi connectivity index (χ2v) is 6.83. The molecule has 1 unspecified atom stereocenters. The molecule has 102 valence electrons. The van der Waals surface area contributed by atoms with Crippen molar-refractivity contribution in [3.05, 3.63) is 0 Å². The van der Waals surface area contributed by atoms with Crippen molar-refractivity contribution in [3.63, 3.8) is 0 Å².